The van der Waals surface area contributed by atoms with Gasteiger partial charge in [0, 0.05) is 35.4 Å². The lowest BCUT2D eigenvalue weighted by Crippen LogP contribution is -2.14. The first-order chi connectivity index (χ1) is 14.0. The van der Waals surface area contributed by atoms with Crippen molar-refractivity contribution in [2.24, 2.45) is 0 Å². The Morgan fingerprint density at radius 3 is 2.48 bits per heavy atom. The van der Waals surface area contributed by atoms with Crippen molar-refractivity contribution in [1.29, 1.82) is 0 Å². The second kappa shape index (κ2) is 9.58. The third kappa shape index (κ3) is 5.58. The van der Waals surface area contributed by atoms with Gasteiger partial charge in [-0.3, -0.25) is 9.59 Å². The van der Waals surface area contributed by atoms with Crippen LogP contribution in [-0.4, -0.2) is 32.3 Å². The highest BCUT2D eigenvalue weighted by atomic mass is 35.5. The zero-order valence-electron chi connectivity index (χ0n) is 16.0. The summed E-state index contributed by atoms with van der Waals surface area (Å²) in [4.78, 5) is 23.5. The van der Waals surface area contributed by atoms with E-state index in [9.17, 15) is 9.59 Å². The molecule has 0 radical (unpaired) electrons. The van der Waals surface area contributed by atoms with Crippen molar-refractivity contribution in [1.82, 2.24) is 14.8 Å². The van der Waals surface area contributed by atoms with Gasteiger partial charge in [0.1, 0.15) is 0 Å². The van der Waals surface area contributed by atoms with E-state index in [2.05, 4.69) is 20.8 Å². The van der Waals surface area contributed by atoms with E-state index in [1.807, 2.05) is 35.8 Å². The summed E-state index contributed by atoms with van der Waals surface area (Å²) in [6, 6.07) is 14.4. The average Bonchev–Trinajstić information content (AvgIpc) is 3.09. The lowest BCUT2D eigenvalue weighted by Gasteiger charge is -2.09. The summed E-state index contributed by atoms with van der Waals surface area (Å²) in [6.07, 6.45) is 0. The SMILES string of the molecule is CCn1c(SCC(=O)Nc2cccc(Cl)c2)nnc1-c1cccc(NC(C)=O)c1. The zero-order valence-corrected chi connectivity index (χ0v) is 17.5. The molecule has 0 aliphatic rings. The smallest absolute Gasteiger partial charge is 0.234 e. The van der Waals surface area contributed by atoms with E-state index in [0.29, 0.717) is 33.9 Å². The Labute approximate surface area is 177 Å². The van der Waals surface area contributed by atoms with E-state index in [0.717, 1.165) is 5.56 Å². The Hall–Kier alpha value is -2.84. The molecule has 2 N–H and O–H groups in total. The molecule has 0 saturated carbocycles. The standard InChI is InChI=1S/C20H20ClN5O2S/c1-3-26-19(14-6-4-8-16(10-14)22-13(2)27)24-25-20(26)29-12-18(28)23-17-9-5-7-15(21)11-17/h4-11H,3,12H2,1-2H3,(H,22,27)(H,23,28). The van der Waals surface area contributed by atoms with E-state index in [-0.39, 0.29) is 17.6 Å². The predicted octanol–water partition coefficient (Wildman–Crippen LogP) is 4.31. The third-order valence-electron chi connectivity index (χ3n) is 3.91. The van der Waals surface area contributed by atoms with Crippen molar-refractivity contribution in [2.45, 2.75) is 25.5 Å². The molecule has 0 spiro atoms. The zero-order chi connectivity index (χ0) is 20.8. The van der Waals surface area contributed by atoms with E-state index < -0.39 is 0 Å². The van der Waals surface area contributed by atoms with E-state index in [1.165, 1.54) is 18.7 Å². The van der Waals surface area contributed by atoms with E-state index in [4.69, 9.17) is 11.6 Å². The third-order valence-corrected chi connectivity index (χ3v) is 5.12. The summed E-state index contributed by atoms with van der Waals surface area (Å²) in [5, 5.41) is 15.3. The van der Waals surface area contributed by atoms with Gasteiger partial charge in [-0.15, -0.1) is 10.2 Å². The van der Waals surface area contributed by atoms with Gasteiger partial charge in [-0.1, -0.05) is 41.6 Å². The van der Waals surface area contributed by atoms with Crippen LogP contribution in [0, 0.1) is 0 Å². The van der Waals surface area contributed by atoms with Crippen LogP contribution in [0.5, 0.6) is 0 Å². The van der Waals surface area contributed by atoms with Gasteiger partial charge in [0.2, 0.25) is 11.8 Å². The molecule has 3 aromatic rings. The number of nitrogens with one attached hydrogen (secondary N) is 2. The van der Waals surface area contributed by atoms with Crippen LogP contribution in [0.2, 0.25) is 5.02 Å². The summed E-state index contributed by atoms with van der Waals surface area (Å²) in [7, 11) is 0. The van der Waals surface area contributed by atoms with Gasteiger partial charge in [0.25, 0.3) is 0 Å². The van der Waals surface area contributed by atoms with Crippen molar-refractivity contribution in [3.8, 4) is 11.4 Å². The Balaban J connectivity index is 1.71. The fourth-order valence-corrected chi connectivity index (χ4v) is 3.72. The summed E-state index contributed by atoms with van der Waals surface area (Å²) in [5.41, 5.74) is 2.17. The molecule has 1 heterocycles. The number of rotatable bonds is 7. The maximum absolute atomic E-state index is 12.2. The van der Waals surface area contributed by atoms with Crippen LogP contribution in [0.25, 0.3) is 11.4 Å². The van der Waals surface area contributed by atoms with Gasteiger partial charge in [0.05, 0.1) is 5.75 Å². The molecule has 0 aliphatic carbocycles. The van der Waals surface area contributed by atoms with E-state index in [1.54, 1.807) is 24.3 Å². The number of hydrogen-bond acceptors (Lipinski definition) is 5. The minimum absolute atomic E-state index is 0.138. The van der Waals surface area contributed by atoms with Crippen LogP contribution in [0.3, 0.4) is 0 Å². The summed E-state index contributed by atoms with van der Waals surface area (Å²) in [6.45, 7) is 4.09. The maximum Gasteiger partial charge on any atom is 0.234 e. The molecule has 0 saturated heterocycles. The van der Waals surface area contributed by atoms with Gasteiger partial charge >= 0.3 is 0 Å². The van der Waals surface area contributed by atoms with Crippen LogP contribution in [0.15, 0.2) is 53.7 Å². The van der Waals surface area contributed by atoms with Crippen molar-refractivity contribution in [3.63, 3.8) is 0 Å². The van der Waals surface area contributed by atoms with Gasteiger partial charge in [-0.2, -0.15) is 0 Å². The second-order valence-electron chi connectivity index (χ2n) is 6.16. The monoisotopic (exact) mass is 429 g/mol. The minimum Gasteiger partial charge on any atom is -0.326 e. The Kier molecular flexibility index (Phi) is 6.90. The van der Waals surface area contributed by atoms with Crippen molar-refractivity contribution in [3.05, 3.63) is 53.6 Å². The number of amides is 2. The lowest BCUT2D eigenvalue weighted by atomic mass is 10.2. The number of carbonyl (C=O) groups is 2. The van der Waals surface area contributed by atoms with Gasteiger partial charge in [-0.25, -0.2) is 0 Å². The first-order valence-corrected chi connectivity index (χ1v) is 10.3. The number of thioether (sulfide) groups is 1. The van der Waals surface area contributed by atoms with Gasteiger partial charge in [0.15, 0.2) is 11.0 Å². The van der Waals surface area contributed by atoms with Crippen molar-refractivity contribution >= 4 is 46.6 Å². The van der Waals surface area contributed by atoms with Crippen molar-refractivity contribution in [2.75, 3.05) is 16.4 Å². The average molecular weight is 430 g/mol. The van der Waals surface area contributed by atoms with E-state index >= 15 is 0 Å². The first kappa shape index (κ1) is 20.9. The molecule has 150 valence electrons. The number of anilines is 2. The predicted molar refractivity (Wildman–Crippen MR) is 116 cm³/mol. The molecule has 2 aromatic carbocycles. The molecule has 0 fully saturated rings. The lowest BCUT2D eigenvalue weighted by molar-refractivity contribution is -0.114. The molecular weight excluding hydrogens is 410 g/mol. The van der Waals surface area contributed by atoms with Gasteiger partial charge in [-0.05, 0) is 37.3 Å². The normalized spacial score (nSPS) is 10.6. The summed E-state index contributed by atoms with van der Waals surface area (Å²) >= 11 is 7.25. The molecule has 0 unspecified atom stereocenters. The van der Waals surface area contributed by atoms with Crippen LogP contribution >= 0.6 is 23.4 Å². The molecular formula is C20H20ClN5O2S. The first-order valence-electron chi connectivity index (χ1n) is 8.95. The molecule has 1 aromatic heterocycles. The molecule has 7 nitrogen and oxygen atoms in total. The van der Waals surface area contributed by atoms with Crippen LogP contribution in [0.4, 0.5) is 11.4 Å². The number of nitrogens with zero attached hydrogens (tertiary/aromatic N) is 3. The number of hydrogen-bond donors (Lipinski definition) is 2. The van der Waals surface area contributed by atoms with Crippen LogP contribution in [0.1, 0.15) is 13.8 Å². The fourth-order valence-electron chi connectivity index (χ4n) is 2.73. The minimum atomic E-state index is -0.155. The highest BCUT2D eigenvalue weighted by molar-refractivity contribution is 7.99. The highest BCUT2D eigenvalue weighted by Gasteiger charge is 2.15. The van der Waals surface area contributed by atoms with Crippen molar-refractivity contribution < 1.29 is 9.59 Å². The number of halogens is 1. The largest absolute Gasteiger partial charge is 0.326 e. The molecule has 3 rings (SSSR count). The highest BCUT2D eigenvalue weighted by Crippen LogP contribution is 2.26. The van der Waals surface area contributed by atoms with Crippen LogP contribution in [-0.2, 0) is 16.1 Å². The number of carbonyl (C=O) groups excluding carboxylic acids is 2. The second-order valence-corrected chi connectivity index (χ2v) is 7.54. The molecule has 0 atom stereocenters. The Morgan fingerprint density at radius 2 is 1.79 bits per heavy atom. The number of benzene rings is 2. The Morgan fingerprint density at radius 1 is 1.07 bits per heavy atom. The molecule has 9 heteroatoms. The number of aromatic nitrogens is 3. The molecule has 2 amide bonds. The molecule has 29 heavy (non-hydrogen) atoms. The van der Waals surface area contributed by atoms with Crippen LogP contribution < -0.4 is 10.6 Å². The topological polar surface area (TPSA) is 88.9 Å². The maximum atomic E-state index is 12.2. The van der Waals surface area contributed by atoms with Gasteiger partial charge < -0.3 is 15.2 Å². The fraction of sp³-hybridized carbons (Fsp3) is 0.200. The summed E-state index contributed by atoms with van der Waals surface area (Å²) < 4.78 is 1.93. The summed E-state index contributed by atoms with van der Waals surface area (Å²) in [5.74, 6) is 0.576. The quantitative estimate of drug-likeness (QED) is 0.546. The molecule has 0 bridgehead atoms. The Bertz CT molecular complexity index is 1040. The molecule has 0 aliphatic heterocycles.